The van der Waals surface area contributed by atoms with Crippen LogP contribution in [0.25, 0.3) is 0 Å². The van der Waals surface area contributed by atoms with Crippen LogP contribution in [0.15, 0.2) is 12.2 Å². The van der Waals surface area contributed by atoms with E-state index in [1.165, 1.54) is 57.8 Å². The van der Waals surface area contributed by atoms with Crippen LogP contribution >= 0.6 is 0 Å². The Labute approximate surface area is 141 Å². The SMILES string of the molecule is CCCCCCC=CCCCCCCCC(=O)O.[NaH]. The molecule has 0 aromatic rings. The number of hydrogen-bond acceptors (Lipinski definition) is 1. The summed E-state index contributed by atoms with van der Waals surface area (Å²) >= 11 is 0. The molecule has 2 nitrogen and oxygen atoms in total. The Balaban J connectivity index is 0. The van der Waals surface area contributed by atoms with E-state index >= 15 is 0 Å². The molecule has 0 amide bonds. The number of carboxylic acids is 1. The van der Waals surface area contributed by atoms with Crippen LogP contribution in [0.5, 0.6) is 0 Å². The first-order valence-electron chi connectivity index (χ1n) is 7.64. The molecule has 1 N–H and O–H groups in total. The summed E-state index contributed by atoms with van der Waals surface area (Å²) in [6, 6.07) is 0. The summed E-state index contributed by atoms with van der Waals surface area (Å²) in [5.74, 6) is -0.666. The van der Waals surface area contributed by atoms with Crippen molar-refractivity contribution >= 4 is 35.5 Å². The summed E-state index contributed by atoms with van der Waals surface area (Å²) in [4.78, 5) is 10.3. The van der Waals surface area contributed by atoms with Crippen molar-refractivity contribution < 1.29 is 9.90 Å². The van der Waals surface area contributed by atoms with Crippen molar-refractivity contribution in [3.63, 3.8) is 0 Å². The monoisotopic (exact) mass is 278 g/mol. The van der Waals surface area contributed by atoms with Crippen LogP contribution < -0.4 is 0 Å². The molecule has 0 atom stereocenters. The Kier molecular flexibility index (Phi) is 20.6. The van der Waals surface area contributed by atoms with E-state index in [4.69, 9.17) is 5.11 Å². The van der Waals surface area contributed by atoms with Gasteiger partial charge < -0.3 is 5.11 Å². The molecule has 0 fully saturated rings. The molecule has 3 heteroatoms. The summed E-state index contributed by atoms with van der Waals surface area (Å²) in [5.41, 5.74) is 0. The van der Waals surface area contributed by atoms with E-state index in [0.717, 1.165) is 12.8 Å². The van der Waals surface area contributed by atoms with E-state index in [0.29, 0.717) is 6.42 Å². The fraction of sp³-hybridized carbons (Fsp3) is 0.812. The number of hydrogen-bond donors (Lipinski definition) is 1. The fourth-order valence-electron chi connectivity index (χ4n) is 1.99. The van der Waals surface area contributed by atoms with Gasteiger partial charge in [-0.2, -0.15) is 0 Å². The average Bonchev–Trinajstić information content (AvgIpc) is 2.34. The number of rotatable bonds is 13. The van der Waals surface area contributed by atoms with Crippen molar-refractivity contribution in [1.29, 1.82) is 0 Å². The summed E-state index contributed by atoms with van der Waals surface area (Å²) in [6.45, 7) is 2.24. The molecule has 0 aliphatic heterocycles. The number of carbonyl (C=O) groups is 1. The second-order valence-corrected chi connectivity index (χ2v) is 5.02. The molecule has 0 rings (SSSR count). The number of carboxylic acid groups (broad SMARTS) is 1. The molecule has 0 aromatic carbocycles. The van der Waals surface area contributed by atoms with Gasteiger partial charge in [0.2, 0.25) is 0 Å². The molecule has 0 aromatic heterocycles. The average molecular weight is 278 g/mol. The zero-order valence-corrected chi connectivity index (χ0v) is 12.0. The molecule has 108 valence electrons. The topological polar surface area (TPSA) is 37.3 Å². The molecular formula is C16H31NaO2. The van der Waals surface area contributed by atoms with Gasteiger partial charge in [0.15, 0.2) is 0 Å². The maximum absolute atomic E-state index is 10.3. The van der Waals surface area contributed by atoms with Gasteiger partial charge in [-0.15, -0.1) is 0 Å². The van der Waals surface area contributed by atoms with E-state index in [1.807, 2.05) is 0 Å². The molecule has 0 radical (unpaired) electrons. The van der Waals surface area contributed by atoms with Crippen LogP contribution in [0.4, 0.5) is 0 Å². The number of aliphatic carboxylic acids is 1. The first-order valence-corrected chi connectivity index (χ1v) is 7.64. The second kappa shape index (κ2) is 18.2. The second-order valence-electron chi connectivity index (χ2n) is 5.02. The van der Waals surface area contributed by atoms with Gasteiger partial charge in [-0.05, 0) is 32.1 Å². The first-order chi connectivity index (χ1) is 8.77. The Hall–Kier alpha value is 0.210. The first kappa shape index (κ1) is 21.5. The molecule has 0 aliphatic rings. The Morgan fingerprint density at radius 2 is 1.32 bits per heavy atom. The quantitative estimate of drug-likeness (QED) is 0.302. The Morgan fingerprint density at radius 1 is 0.842 bits per heavy atom. The van der Waals surface area contributed by atoms with Gasteiger partial charge in [-0.25, -0.2) is 0 Å². The fourth-order valence-corrected chi connectivity index (χ4v) is 1.99. The third-order valence-electron chi connectivity index (χ3n) is 3.15. The summed E-state index contributed by atoms with van der Waals surface area (Å²) < 4.78 is 0. The van der Waals surface area contributed by atoms with Crippen molar-refractivity contribution in [3.8, 4) is 0 Å². The normalized spacial score (nSPS) is 10.6. The summed E-state index contributed by atoms with van der Waals surface area (Å²) in [6.07, 6.45) is 18.3. The van der Waals surface area contributed by atoms with Gasteiger partial charge in [-0.1, -0.05) is 57.6 Å². The maximum atomic E-state index is 10.3. The minimum atomic E-state index is -0.666. The number of unbranched alkanes of at least 4 members (excludes halogenated alkanes) is 9. The van der Waals surface area contributed by atoms with E-state index in [1.54, 1.807) is 0 Å². The zero-order chi connectivity index (χ0) is 13.5. The summed E-state index contributed by atoms with van der Waals surface area (Å²) in [7, 11) is 0. The van der Waals surface area contributed by atoms with Gasteiger partial charge in [0.1, 0.15) is 0 Å². The third kappa shape index (κ3) is 20.7. The van der Waals surface area contributed by atoms with Crippen molar-refractivity contribution in [1.82, 2.24) is 0 Å². The summed E-state index contributed by atoms with van der Waals surface area (Å²) in [5, 5.41) is 8.48. The van der Waals surface area contributed by atoms with Crippen LogP contribution in [0.2, 0.25) is 0 Å². The number of allylic oxidation sites excluding steroid dienone is 2. The predicted octanol–water partition coefficient (Wildman–Crippen LogP) is 4.68. The Bertz CT molecular complexity index is 215. The van der Waals surface area contributed by atoms with Crippen LogP contribution in [0, 0.1) is 0 Å². The molecule has 0 spiro atoms. The molecular weight excluding hydrogens is 247 g/mol. The molecule has 0 unspecified atom stereocenters. The minimum absolute atomic E-state index is 0. The van der Waals surface area contributed by atoms with Crippen molar-refractivity contribution in [2.45, 2.75) is 84.0 Å². The molecule has 0 saturated carbocycles. The molecule has 0 aliphatic carbocycles. The zero-order valence-electron chi connectivity index (χ0n) is 12.0. The standard InChI is InChI=1S/C16H30O2.Na.H/c1-2-3-4-5-6-7-8-9-10-11-12-13-14-15-16(17)18;;/h7-8H,2-6,9-15H2,1H3,(H,17,18);;. The Morgan fingerprint density at radius 3 is 1.84 bits per heavy atom. The van der Waals surface area contributed by atoms with Crippen LogP contribution in [-0.4, -0.2) is 40.6 Å². The van der Waals surface area contributed by atoms with Gasteiger partial charge in [-0.3, -0.25) is 4.79 Å². The van der Waals surface area contributed by atoms with Crippen molar-refractivity contribution in [2.24, 2.45) is 0 Å². The van der Waals surface area contributed by atoms with E-state index < -0.39 is 5.97 Å². The predicted molar refractivity (Wildman–Crippen MR) is 85.0 cm³/mol. The van der Waals surface area contributed by atoms with Gasteiger partial charge in [0.25, 0.3) is 0 Å². The van der Waals surface area contributed by atoms with Gasteiger partial charge >= 0.3 is 35.5 Å². The van der Waals surface area contributed by atoms with Crippen LogP contribution in [0.1, 0.15) is 84.0 Å². The van der Waals surface area contributed by atoms with Gasteiger partial charge in [0, 0.05) is 6.42 Å². The molecule has 0 saturated heterocycles. The molecule has 0 heterocycles. The van der Waals surface area contributed by atoms with E-state index in [2.05, 4.69) is 19.1 Å². The van der Waals surface area contributed by atoms with E-state index in [9.17, 15) is 4.79 Å². The van der Waals surface area contributed by atoms with E-state index in [-0.39, 0.29) is 29.6 Å². The molecule has 0 bridgehead atoms. The van der Waals surface area contributed by atoms with Crippen LogP contribution in [-0.2, 0) is 4.79 Å². The van der Waals surface area contributed by atoms with Crippen LogP contribution in [0.3, 0.4) is 0 Å². The van der Waals surface area contributed by atoms with Crippen molar-refractivity contribution in [3.05, 3.63) is 12.2 Å². The van der Waals surface area contributed by atoms with Crippen molar-refractivity contribution in [2.75, 3.05) is 0 Å². The molecule has 19 heavy (non-hydrogen) atoms. The third-order valence-corrected chi connectivity index (χ3v) is 3.15. The van der Waals surface area contributed by atoms with Gasteiger partial charge in [0.05, 0.1) is 0 Å².